The summed E-state index contributed by atoms with van der Waals surface area (Å²) in [5.41, 5.74) is 17.0. The molecule has 0 N–H and O–H groups in total. The summed E-state index contributed by atoms with van der Waals surface area (Å²) in [6.45, 7) is 0. The molecule has 14 aromatic rings. The van der Waals surface area contributed by atoms with E-state index >= 15 is 0 Å². The number of hydrogen-bond donors (Lipinski definition) is 0. The third-order valence-electron chi connectivity index (χ3n) is 15.2. The summed E-state index contributed by atoms with van der Waals surface area (Å²) in [4.78, 5) is 0. The maximum Gasteiger partial charge on any atom is -0.00259 e. The Morgan fingerprint density at radius 1 is 0.203 bits per heavy atom. The van der Waals surface area contributed by atoms with Crippen molar-refractivity contribution in [2.24, 2.45) is 0 Å². The molecule has 0 aliphatic rings. The number of rotatable bonds is 8. The van der Waals surface area contributed by atoms with Crippen LogP contribution in [0.4, 0.5) is 0 Å². The topological polar surface area (TPSA) is 0 Å². The third-order valence-corrected chi connectivity index (χ3v) is 15.2. The van der Waals surface area contributed by atoms with Crippen LogP contribution >= 0.6 is 0 Å². The van der Waals surface area contributed by atoms with Gasteiger partial charge in [-0.05, 0) is 173 Å². The molecule has 0 fully saturated rings. The van der Waals surface area contributed by atoms with E-state index in [9.17, 15) is 0 Å². The van der Waals surface area contributed by atoms with Crippen LogP contribution < -0.4 is 0 Å². The van der Waals surface area contributed by atoms with Crippen molar-refractivity contribution in [3.63, 3.8) is 0 Å². The second-order valence-corrected chi connectivity index (χ2v) is 19.5. The molecule has 0 heterocycles. The molecule has 0 aliphatic heterocycles. The minimum Gasteiger partial charge on any atom is -0.0622 e. The highest BCUT2D eigenvalue weighted by atomic mass is 14.2. The Bertz CT molecular complexity index is 4400. The van der Waals surface area contributed by atoms with Gasteiger partial charge in [-0.1, -0.05) is 261 Å². The lowest BCUT2D eigenvalue weighted by Gasteiger charge is -2.20. The summed E-state index contributed by atoms with van der Waals surface area (Å²) in [6.07, 6.45) is 2.33. The summed E-state index contributed by atoms with van der Waals surface area (Å²) in [5.74, 6) is 0. The van der Waals surface area contributed by atoms with Crippen molar-refractivity contribution < 1.29 is 0 Å². The van der Waals surface area contributed by atoms with Crippen LogP contribution in [0.2, 0.25) is 0 Å². The molecule has 0 saturated carbocycles. The average Bonchev–Trinajstić information content (AvgIpc) is 3.50. The molecule has 344 valence electrons. The Labute approximate surface area is 431 Å². The van der Waals surface area contributed by atoms with Gasteiger partial charge in [-0.2, -0.15) is 0 Å². The van der Waals surface area contributed by atoms with Gasteiger partial charge in [0.05, 0.1) is 0 Å². The fraction of sp³-hybridized carbons (Fsp3) is 0. The van der Waals surface area contributed by atoms with Gasteiger partial charge < -0.3 is 0 Å². The fourth-order valence-electron chi connectivity index (χ4n) is 11.8. The summed E-state index contributed by atoms with van der Waals surface area (Å²) >= 11 is 0. The zero-order valence-corrected chi connectivity index (χ0v) is 40.7. The van der Waals surface area contributed by atoms with E-state index in [0.29, 0.717) is 0 Å². The summed E-state index contributed by atoms with van der Waals surface area (Å²) in [6, 6.07) is 105. The van der Waals surface area contributed by atoms with Gasteiger partial charge in [-0.3, -0.25) is 0 Å². The van der Waals surface area contributed by atoms with Gasteiger partial charge in [0.15, 0.2) is 0 Å². The minimum absolute atomic E-state index is 1.16. The Morgan fingerprint density at radius 3 is 1.07 bits per heavy atom. The van der Waals surface area contributed by atoms with E-state index in [2.05, 4.69) is 291 Å². The summed E-state index contributed by atoms with van der Waals surface area (Å²) in [5, 5.41) is 14.9. The van der Waals surface area contributed by atoms with Gasteiger partial charge in [0.1, 0.15) is 0 Å². The van der Waals surface area contributed by atoms with Gasteiger partial charge in [-0.15, -0.1) is 0 Å². The van der Waals surface area contributed by atoms with Crippen molar-refractivity contribution in [3.05, 3.63) is 302 Å². The predicted molar refractivity (Wildman–Crippen MR) is 319 cm³/mol. The first-order chi connectivity index (χ1) is 36.7. The maximum atomic E-state index is 2.44. The van der Waals surface area contributed by atoms with Gasteiger partial charge in [0.25, 0.3) is 0 Å². The molecule has 0 heteroatoms. The smallest absolute Gasteiger partial charge is 0.00259 e. The van der Waals surface area contributed by atoms with Crippen molar-refractivity contribution in [2.45, 2.75) is 0 Å². The van der Waals surface area contributed by atoms with Crippen LogP contribution in [0.3, 0.4) is 0 Å². The Morgan fingerprint density at radius 2 is 0.568 bits per heavy atom. The van der Waals surface area contributed by atoms with E-state index < -0.39 is 0 Å². The van der Waals surface area contributed by atoms with E-state index in [4.69, 9.17) is 0 Å². The molecule has 0 aliphatic carbocycles. The van der Waals surface area contributed by atoms with E-state index in [1.807, 2.05) is 0 Å². The van der Waals surface area contributed by atoms with Crippen LogP contribution in [0, 0.1) is 0 Å². The Kier molecular flexibility index (Phi) is 10.6. The molecule has 0 aromatic heterocycles. The normalized spacial score (nSPS) is 11.5. The quantitative estimate of drug-likeness (QED) is 0.105. The fourth-order valence-corrected chi connectivity index (χ4v) is 11.8. The molecule has 0 radical (unpaired) electrons. The van der Waals surface area contributed by atoms with Crippen molar-refractivity contribution >= 4 is 76.3 Å². The highest BCUT2D eigenvalue weighted by Gasteiger charge is 2.20. The molecule has 0 bridgehead atoms. The molecule has 0 nitrogen and oxygen atoms in total. The van der Waals surface area contributed by atoms with E-state index in [0.717, 1.165) is 5.56 Å². The van der Waals surface area contributed by atoms with Crippen molar-refractivity contribution in [1.82, 2.24) is 0 Å². The van der Waals surface area contributed by atoms with Gasteiger partial charge >= 0.3 is 0 Å². The lowest BCUT2D eigenvalue weighted by atomic mass is 9.84. The minimum atomic E-state index is 1.16. The molecule has 0 amide bonds. The highest BCUT2D eigenvalue weighted by molar-refractivity contribution is 6.24. The monoisotopic (exact) mass is 936 g/mol. The third kappa shape index (κ3) is 7.55. The molecule has 0 atom stereocenters. The van der Waals surface area contributed by atoms with Gasteiger partial charge in [0.2, 0.25) is 0 Å². The lowest BCUT2D eigenvalue weighted by Crippen LogP contribution is -1.93. The standard InChI is InChI=1S/C74H48/c1-3-21-53(22-4-1)69(54-23-5-2-6-24-54)45-49-18-17-27-59(44-49)72-64-30-13-11-28-62(64)71(63-29-12-14-31-65(63)72)55-38-34-52(35-39-55)58-42-43-68-70(48-58)74(61-41-37-51-20-8-10-26-57(51)47-61)67-33-16-15-32-66(67)73(68)60-40-36-50-19-7-9-25-56(50)46-60/h1-48H. The summed E-state index contributed by atoms with van der Waals surface area (Å²) in [7, 11) is 0. The van der Waals surface area contributed by atoms with Crippen molar-refractivity contribution in [1.29, 1.82) is 0 Å². The van der Waals surface area contributed by atoms with Crippen LogP contribution in [0.15, 0.2) is 285 Å². The van der Waals surface area contributed by atoms with Crippen LogP contribution in [0.25, 0.3) is 132 Å². The van der Waals surface area contributed by atoms with E-state index in [1.165, 1.54) is 137 Å². The second-order valence-electron chi connectivity index (χ2n) is 19.5. The lowest BCUT2D eigenvalue weighted by molar-refractivity contribution is 1.55. The Hall–Kier alpha value is -9.62. The van der Waals surface area contributed by atoms with E-state index in [-0.39, 0.29) is 0 Å². The zero-order valence-electron chi connectivity index (χ0n) is 40.7. The van der Waals surface area contributed by atoms with Gasteiger partial charge in [0, 0.05) is 0 Å². The molecule has 14 rings (SSSR count). The van der Waals surface area contributed by atoms with Crippen LogP contribution in [0.1, 0.15) is 16.7 Å². The number of hydrogen-bond acceptors (Lipinski definition) is 0. The van der Waals surface area contributed by atoms with Crippen LogP contribution in [-0.2, 0) is 0 Å². The number of fused-ring (bicyclic) bond motifs is 6. The largest absolute Gasteiger partial charge is 0.0622 e. The molecular formula is C74H48. The predicted octanol–water partition coefficient (Wildman–Crippen LogP) is 20.5. The SMILES string of the molecule is C(=C(c1ccccc1)c1ccccc1)c1cccc(-c2c3ccccc3c(-c3ccc(-c4ccc5c(-c6ccc7ccccc7c6)c6ccccc6c(-c6ccc7ccccc7c6)c5c4)cc3)c3ccccc23)c1. The summed E-state index contributed by atoms with van der Waals surface area (Å²) < 4.78 is 0. The number of benzene rings is 14. The van der Waals surface area contributed by atoms with Crippen LogP contribution in [-0.4, -0.2) is 0 Å². The zero-order chi connectivity index (χ0) is 49.0. The molecule has 14 aromatic carbocycles. The van der Waals surface area contributed by atoms with E-state index in [1.54, 1.807) is 0 Å². The van der Waals surface area contributed by atoms with Gasteiger partial charge in [-0.25, -0.2) is 0 Å². The molecule has 0 saturated heterocycles. The first-order valence-corrected chi connectivity index (χ1v) is 25.6. The first kappa shape index (κ1) is 43.2. The molecule has 74 heavy (non-hydrogen) atoms. The maximum absolute atomic E-state index is 2.44. The van der Waals surface area contributed by atoms with Crippen molar-refractivity contribution in [3.8, 4) is 55.6 Å². The molecular weight excluding hydrogens is 889 g/mol. The average molecular weight is 937 g/mol. The van der Waals surface area contributed by atoms with Crippen LogP contribution in [0.5, 0.6) is 0 Å². The highest BCUT2D eigenvalue weighted by Crippen LogP contribution is 2.47. The molecule has 0 spiro atoms. The van der Waals surface area contributed by atoms with Crippen molar-refractivity contribution in [2.75, 3.05) is 0 Å². The first-order valence-electron chi connectivity index (χ1n) is 25.6. The Balaban J connectivity index is 0.913. The second kappa shape index (κ2) is 18.2. The molecule has 0 unspecified atom stereocenters.